The van der Waals surface area contributed by atoms with E-state index < -0.39 is 0 Å². The van der Waals surface area contributed by atoms with Crippen molar-refractivity contribution in [3.05, 3.63) is 0 Å². The standard InChI is InChI=1S/C20H39N/c1-5-7-18(4)8-9-19-14-20(15-19)10-12-21(13-11-20)16-17(3)6-2/h17-19H,5-16H2,1-4H3. The zero-order valence-electron chi connectivity index (χ0n) is 15.2. The first-order valence-electron chi connectivity index (χ1n) is 9.79. The van der Waals surface area contributed by atoms with Crippen molar-refractivity contribution in [2.75, 3.05) is 19.6 Å². The van der Waals surface area contributed by atoms with E-state index in [9.17, 15) is 0 Å². The molecule has 2 atom stereocenters. The molecule has 0 N–H and O–H groups in total. The van der Waals surface area contributed by atoms with Crippen LogP contribution in [0.2, 0.25) is 0 Å². The van der Waals surface area contributed by atoms with Crippen molar-refractivity contribution >= 4 is 0 Å². The Kier molecular flexibility index (Phi) is 6.59. The van der Waals surface area contributed by atoms with Gasteiger partial charge >= 0.3 is 0 Å². The molecule has 21 heavy (non-hydrogen) atoms. The van der Waals surface area contributed by atoms with E-state index in [4.69, 9.17) is 0 Å². The largest absolute Gasteiger partial charge is 0.303 e. The van der Waals surface area contributed by atoms with Crippen molar-refractivity contribution in [2.24, 2.45) is 23.2 Å². The predicted octanol–water partition coefficient (Wildman–Crippen LogP) is 5.74. The molecule has 2 aliphatic rings. The van der Waals surface area contributed by atoms with Crippen molar-refractivity contribution in [3.8, 4) is 0 Å². The Balaban J connectivity index is 1.61. The fraction of sp³-hybridized carbons (Fsp3) is 1.00. The smallest absolute Gasteiger partial charge is 0.000692 e. The van der Waals surface area contributed by atoms with E-state index in [0.717, 1.165) is 23.2 Å². The first kappa shape index (κ1) is 17.3. The molecule has 1 nitrogen and oxygen atoms in total. The summed E-state index contributed by atoms with van der Waals surface area (Å²) in [5.41, 5.74) is 0.782. The Labute approximate surface area is 133 Å². The maximum atomic E-state index is 2.73. The van der Waals surface area contributed by atoms with Gasteiger partial charge in [-0.2, -0.15) is 0 Å². The molecule has 1 saturated carbocycles. The van der Waals surface area contributed by atoms with Crippen LogP contribution in [-0.4, -0.2) is 24.5 Å². The summed E-state index contributed by atoms with van der Waals surface area (Å²) in [5.74, 6) is 2.92. The van der Waals surface area contributed by atoms with E-state index in [1.54, 1.807) is 12.8 Å². The highest BCUT2D eigenvalue weighted by atomic mass is 15.1. The number of likely N-dealkylation sites (tertiary alicyclic amines) is 1. The topological polar surface area (TPSA) is 3.24 Å². The Morgan fingerprint density at radius 2 is 1.67 bits per heavy atom. The molecular formula is C20H39N. The van der Waals surface area contributed by atoms with E-state index in [1.807, 2.05) is 0 Å². The zero-order valence-corrected chi connectivity index (χ0v) is 15.2. The van der Waals surface area contributed by atoms with Crippen LogP contribution in [0.15, 0.2) is 0 Å². The Morgan fingerprint density at radius 1 is 1.00 bits per heavy atom. The third kappa shape index (κ3) is 4.98. The maximum absolute atomic E-state index is 2.73. The zero-order chi connectivity index (χ0) is 15.3. The summed E-state index contributed by atoms with van der Waals surface area (Å²) in [7, 11) is 0. The first-order chi connectivity index (χ1) is 10.1. The van der Waals surface area contributed by atoms with Crippen LogP contribution in [0.1, 0.15) is 85.5 Å². The van der Waals surface area contributed by atoms with Gasteiger partial charge in [0.05, 0.1) is 0 Å². The summed E-state index contributed by atoms with van der Waals surface area (Å²) < 4.78 is 0. The van der Waals surface area contributed by atoms with Crippen LogP contribution in [-0.2, 0) is 0 Å². The van der Waals surface area contributed by atoms with Gasteiger partial charge in [0.1, 0.15) is 0 Å². The molecular weight excluding hydrogens is 254 g/mol. The molecule has 1 aliphatic heterocycles. The number of nitrogens with zero attached hydrogens (tertiary/aromatic N) is 1. The van der Waals surface area contributed by atoms with Crippen LogP contribution in [0.5, 0.6) is 0 Å². The highest BCUT2D eigenvalue weighted by Gasteiger charge is 2.45. The molecule has 1 heterocycles. The van der Waals surface area contributed by atoms with Gasteiger partial charge in [0.15, 0.2) is 0 Å². The van der Waals surface area contributed by atoms with Gasteiger partial charge in [0.25, 0.3) is 0 Å². The number of rotatable bonds is 8. The lowest BCUT2D eigenvalue weighted by molar-refractivity contribution is -0.0207. The third-order valence-electron chi connectivity index (χ3n) is 6.48. The normalized spacial score (nSPS) is 25.7. The van der Waals surface area contributed by atoms with Gasteiger partial charge in [-0.15, -0.1) is 0 Å². The summed E-state index contributed by atoms with van der Waals surface area (Å²) in [6.07, 6.45) is 13.2. The monoisotopic (exact) mass is 293 g/mol. The van der Waals surface area contributed by atoms with E-state index in [-0.39, 0.29) is 0 Å². The molecule has 1 aliphatic carbocycles. The van der Waals surface area contributed by atoms with Gasteiger partial charge < -0.3 is 4.90 Å². The van der Waals surface area contributed by atoms with E-state index in [1.165, 1.54) is 64.6 Å². The van der Waals surface area contributed by atoms with Crippen molar-refractivity contribution in [1.82, 2.24) is 4.90 Å². The molecule has 2 unspecified atom stereocenters. The predicted molar refractivity (Wildman–Crippen MR) is 93.6 cm³/mol. The summed E-state index contributed by atoms with van der Waals surface area (Å²) >= 11 is 0. The van der Waals surface area contributed by atoms with Gasteiger partial charge in [-0.05, 0) is 61.9 Å². The van der Waals surface area contributed by atoms with Crippen LogP contribution in [0.3, 0.4) is 0 Å². The molecule has 0 aromatic rings. The van der Waals surface area contributed by atoms with Crippen LogP contribution in [0, 0.1) is 23.2 Å². The Morgan fingerprint density at radius 3 is 2.24 bits per heavy atom. The van der Waals surface area contributed by atoms with Crippen LogP contribution >= 0.6 is 0 Å². The number of hydrogen-bond acceptors (Lipinski definition) is 1. The highest BCUT2D eigenvalue weighted by Crippen LogP contribution is 2.54. The maximum Gasteiger partial charge on any atom is 0.000692 e. The molecule has 1 spiro atoms. The molecule has 1 heteroatoms. The van der Waals surface area contributed by atoms with E-state index in [2.05, 4.69) is 32.6 Å². The second-order valence-electron chi connectivity index (χ2n) is 8.56. The highest BCUT2D eigenvalue weighted by molar-refractivity contribution is 4.97. The molecule has 1 saturated heterocycles. The van der Waals surface area contributed by atoms with Crippen LogP contribution < -0.4 is 0 Å². The van der Waals surface area contributed by atoms with Crippen molar-refractivity contribution < 1.29 is 0 Å². The summed E-state index contributed by atoms with van der Waals surface area (Å²) in [6.45, 7) is 13.6. The van der Waals surface area contributed by atoms with Crippen LogP contribution in [0.25, 0.3) is 0 Å². The molecule has 124 valence electrons. The third-order valence-corrected chi connectivity index (χ3v) is 6.48. The molecule has 0 aromatic heterocycles. The SMILES string of the molecule is CCCC(C)CCC1CC2(CCN(CC(C)CC)CC2)C1. The lowest BCUT2D eigenvalue weighted by Gasteiger charge is -2.53. The lowest BCUT2D eigenvalue weighted by atomic mass is 9.56. The summed E-state index contributed by atoms with van der Waals surface area (Å²) in [6, 6.07) is 0. The number of hydrogen-bond donors (Lipinski definition) is 0. The van der Waals surface area contributed by atoms with Gasteiger partial charge in [0, 0.05) is 6.54 Å². The van der Waals surface area contributed by atoms with Gasteiger partial charge in [-0.1, -0.05) is 59.8 Å². The first-order valence-corrected chi connectivity index (χ1v) is 9.79. The molecule has 2 rings (SSSR count). The van der Waals surface area contributed by atoms with E-state index >= 15 is 0 Å². The molecule has 0 radical (unpaired) electrons. The summed E-state index contributed by atoms with van der Waals surface area (Å²) in [5, 5.41) is 0. The fourth-order valence-corrected chi connectivity index (χ4v) is 4.71. The fourth-order valence-electron chi connectivity index (χ4n) is 4.71. The van der Waals surface area contributed by atoms with Gasteiger partial charge in [0.2, 0.25) is 0 Å². The lowest BCUT2D eigenvalue weighted by Crippen LogP contribution is -2.47. The summed E-state index contributed by atoms with van der Waals surface area (Å²) in [4.78, 5) is 2.73. The quantitative estimate of drug-likeness (QED) is 0.551. The average molecular weight is 294 g/mol. The number of piperidine rings is 1. The minimum absolute atomic E-state index is 0.782. The minimum Gasteiger partial charge on any atom is -0.303 e. The van der Waals surface area contributed by atoms with Crippen molar-refractivity contribution in [2.45, 2.75) is 85.5 Å². The van der Waals surface area contributed by atoms with Crippen molar-refractivity contribution in [3.63, 3.8) is 0 Å². The molecule has 2 fully saturated rings. The second-order valence-corrected chi connectivity index (χ2v) is 8.56. The second kappa shape index (κ2) is 7.99. The molecule has 0 aromatic carbocycles. The van der Waals surface area contributed by atoms with Crippen LogP contribution in [0.4, 0.5) is 0 Å². The molecule has 0 bridgehead atoms. The van der Waals surface area contributed by atoms with Gasteiger partial charge in [-0.3, -0.25) is 0 Å². The minimum atomic E-state index is 0.782. The molecule has 0 amide bonds. The van der Waals surface area contributed by atoms with Gasteiger partial charge in [-0.25, -0.2) is 0 Å². The van der Waals surface area contributed by atoms with E-state index in [0.29, 0.717) is 0 Å². The average Bonchev–Trinajstić information content (AvgIpc) is 2.44. The Hall–Kier alpha value is -0.0400. The Bertz CT molecular complexity index is 282. The van der Waals surface area contributed by atoms with Crippen molar-refractivity contribution in [1.29, 1.82) is 0 Å².